The molecule has 0 aliphatic carbocycles. The Labute approximate surface area is 186 Å². The molecule has 0 spiro atoms. The standard InChI is InChI=1S/C26H26F2N2O2/c1-32-22-6-4-5-19(16-22)23-7-2-3-8-25(23)29-26(31)18-11-13-30(14-12-18)17-20-15-21(27)9-10-24(20)28/h2-10,15-16,18H,11-14,17H2,1H3,(H,29,31). The van der Waals surface area contributed by atoms with Crippen LogP contribution in [0.15, 0.2) is 66.7 Å². The number of rotatable bonds is 6. The number of nitrogens with one attached hydrogen (secondary N) is 1. The third kappa shape index (κ3) is 5.14. The lowest BCUT2D eigenvalue weighted by molar-refractivity contribution is -0.121. The van der Waals surface area contributed by atoms with Crippen molar-refractivity contribution in [2.45, 2.75) is 19.4 Å². The number of ether oxygens (including phenoxy) is 1. The minimum atomic E-state index is -0.439. The van der Waals surface area contributed by atoms with Gasteiger partial charge in [0.05, 0.1) is 7.11 Å². The van der Waals surface area contributed by atoms with E-state index in [2.05, 4.69) is 10.2 Å². The second-order valence-corrected chi connectivity index (χ2v) is 8.05. The van der Waals surface area contributed by atoms with Crippen LogP contribution in [0.2, 0.25) is 0 Å². The number of halogens is 2. The summed E-state index contributed by atoms with van der Waals surface area (Å²) in [5, 5.41) is 3.09. The van der Waals surface area contributed by atoms with Crippen molar-refractivity contribution < 1.29 is 18.3 Å². The summed E-state index contributed by atoms with van der Waals surface area (Å²) in [6, 6.07) is 19.0. The average Bonchev–Trinajstić information content (AvgIpc) is 2.82. The molecular weight excluding hydrogens is 410 g/mol. The summed E-state index contributed by atoms with van der Waals surface area (Å²) in [5.41, 5.74) is 3.00. The van der Waals surface area contributed by atoms with Crippen LogP contribution in [0.1, 0.15) is 18.4 Å². The first-order valence-electron chi connectivity index (χ1n) is 10.7. The Kier molecular flexibility index (Phi) is 6.81. The molecule has 4 rings (SSSR count). The van der Waals surface area contributed by atoms with E-state index in [-0.39, 0.29) is 11.8 Å². The predicted octanol–water partition coefficient (Wildman–Crippen LogP) is 5.49. The Balaban J connectivity index is 1.39. The number of nitrogens with zero attached hydrogens (tertiary/aromatic N) is 1. The number of carbonyl (C=O) groups excluding carboxylic acids is 1. The number of hydrogen-bond donors (Lipinski definition) is 1. The average molecular weight is 437 g/mol. The van der Waals surface area contributed by atoms with Gasteiger partial charge in [0.15, 0.2) is 0 Å². The van der Waals surface area contributed by atoms with Crippen LogP contribution in [-0.2, 0) is 11.3 Å². The highest BCUT2D eigenvalue weighted by atomic mass is 19.1. The largest absolute Gasteiger partial charge is 0.497 e. The summed E-state index contributed by atoms with van der Waals surface area (Å²) in [4.78, 5) is 15.0. The lowest BCUT2D eigenvalue weighted by Crippen LogP contribution is -2.38. The number of likely N-dealkylation sites (tertiary alicyclic amines) is 1. The maximum absolute atomic E-state index is 13.9. The van der Waals surface area contributed by atoms with Gasteiger partial charge in [0.25, 0.3) is 0 Å². The van der Waals surface area contributed by atoms with E-state index in [9.17, 15) is 13.6 Å². The number of hydrogen-bond acceptors (Lipinski definition) is 3. The summed E-state index contributed by atoms with van der Waals surface area (Å²) in [6.45, 7) is 1.66. The van der Waals surface area contributed by atoms with Crippen molar-refractivity contribution in [3.05, 3.63) is 83.9 Å². The van der Waals surface area contributed by atoms with Crippen LogP contribution in [0, 0.1) is 17.6 Å². The van der Waals surface area contributed by atoms with Gasteiger partial charge in [0, 0.05) is 29.3 Å². The van der Waals surface area contributed by atoms with E-state index < -0.39 is 11.6 Å². The van der Waals surface area contributed by atoms with E-state index in [1.807, 2.05) is 48.5 Å². The molecule has 1 aliphatic heterocycles. The molecule has 1 N–H and O–H groups in total. The molecule has 0 saturated carbocycles. The lowest BCUT2D eigenvalue weighted by Gasteiger charge is -2.31. The maximum Gasteiger partial charge on any atom is 0.227 e. The number of carbonyl (C=O) groups is 1. The zero-order valence-electron chi connectivity index (χ0n) is 18.0. The molecule has 0 unspecified atom stereocenters. The maximum atomic E-state index is 13.9. The minimum absolute atomic E-state index is 0.0167. The molecule has 1 fully saturated rings. The molecule has 32 heavy (non-hydrogen) atoms. The summed E-state index contributed by atoms with van der Waals surface area (Å²) in [6.07, 6.45) is 1.34. The Bertz CT molecular complexity index is 1090. The number of piperidine rings is 1. The predicted molar refractivity (Wildman–Crippen MR) is 121 cm³/mol. The molecule has 6 heteroatoms. The zero-order valence-corrected chi connectivity index (χ0v) is 18.0. The van der Waals surface area contributed by atoms with Gasteiger partial charge in [-0.15, -0.1) is 0 Å². The monoisotopic (exact) mass is 436 g/mol. The van der Waals surface area contributed by atoms with Crippen molar-refractivity contribution in [2.24, 2.45) is 5.92 Å². The van der Waals surface area contributed by atoms with E-state index in [1.165, 1.54) is 6.07 Å². The molecule has 3 aromatic carbocycles. The molecular formula is C26H26F2N2O2. The molecule has 0 aromatic heterocycles. The van der Waals surface area contributed by atoms with E-state index in [1.54, 1.807) is 7.11 Å². The van der Waals surface area contributed by atoms with Gasteiger partial charge in [0.2, 0.25) is 5.91 Å². The molecule has 166 valence electrons. The number of anilines is 1. The van der Waals surface area contributed by atoms with Gasteiger partial charge in [0.1, 0.15) is 17.4 Å². The van der Waals surface area contributed by atoms with Crippen molar-refractivity contribution in [1.82, 2.24) is 4.90 Å². The van der Waals surface area contributed by atoms with Gasteiger partial charge in [-0.3, -0.25) is 9.69 Å². The summed E-state index contributed by atoms with van der Waals surface area (Å²) < 4.78 is 32.7. The second-order valence-electron chi connectivity index (χ2n) is 8.05. The van der Waals surface area contributed by atoms with Crippen LogP contribution in [0.4, 0.5) is 14.5 Å². The number of methoxy groups -OCH3 is 1. The summed E-state index contributed by atoms with van der Waals surface area (Å²) in [5.74, 6) is -0.226. The highest BCUT2D eigenvalue weighted by molar-refractivity contribution is 5.96. The summed E-state index contributed by atoms with van der Waals surface area (Å²) >= 11 is 0. The normalized spacial score (nSPS) is 14.8. The number of para-hydroxylation sites is 1. The van der Waals surface area contributed by atoms with E-state index in [4.69, 9.17) is 4.74 Å². The highest BCUT2D eigenvalue weighted by Crippen LogP contribution is 2.31. The van der Waals surface area contributed by atoms with Crippen molar-refractivity contribution in [1.29, 1.82) is 0 Å². The molecule has 0 radical (unpaired) electrons. The molecule has 1 aliphatic rings. The van der Waals surface area contributed by atoms with Crippen LogP contribution in [-0.4, -0.2) is 31.0 Å². The molecule has 4 nitrogen and oxygen atoms in total. The first kappa shape index (κ1) is 22.0. The first-order valence-corrected chi connectivity index (χ1v) is 10.7. The molecule has 0 atom stereocenters. The fraction of sp³-hybridized carbons (Fsp3) is 0.269. The fourth-order valence-corrected chi connectivity index (χ4v) is 4.13. The van der Waals surface area contributed by atoms with Gasteiger partial charge in [-0.2, -0.15) is 0 Å². The van der Waals surface area contributed by atoms with Gasteiger partial charge < -0.3 is 10.1 Å². The van der Waals surface area contributed by atoms with Gasteiger partial charge in [-0.1, -0.05) is 30.3 Å². The van der Waals surface area contributed by atoms with E-state index in [0.29, 0.717) is 38.0 Å². The third-order valence-corrected chi connectivity index (χ3v) is 5.93. The Morgan fingerprint density at radius 3 is 2.59 bits per heavy atom. The number of amides is 1. The Morgan fingerprint density at radius 2 is 1.81 bits per heavy atom. The quantitative estimate of drug-likeness (QED) is 0.556. The van der Waals surface area contributed by atoms with Crippen LogP contribution in [0.3, 0.4) is 0 Å². The lowest BCUT2D eigenvalue weighted by atomic mass is 9.95. The van der Waals surface area contributed by atoms with Gasteiger partial charge in [-0.25, -0.2) is 8.78 Å². The number of benzene rings is 3. The van der Waals surface area contributed by atoms with Gasteiger partial charge >= 0.3 is 0 Å². The van der Waals surface area contributed by atoms with Crippen molar-refractivity contribution in [3.8, 4) is 16.9 Å². The highest BCUT2D eigenvalue weighted by Gasteiger charge is 2.26. The van der Waals surface area contributed by atoms with Crippen molar-refractivity contribution >= 4 is 11.6 Å². The molecule has 1 heterocycles. The molecule has 1 saturated heterocycles. The minimum Gasteiger partial charge on any atom is -0.497 e. The van der Waals surface area contributed by atoms with Crippen LogP contribution < -0.4 is 10.1 Å². The van der Waals surface area contributed by atoms with Crippen molar-refractivity contribution in [3.63, 3.8) is 0 Å². The zero-order chi connectivity index (χ0) is 22.5. The van der Waals surface area contributed by atoms with Crippen LogP contribution >= 0.6 is 0 Å². The molecule has 0 bridgehead atoms. The van der Waals surface area contributed by atoms with E-state index in [0.717, 1.165) is 34.7 Å². The third-order valence-electron chi connectivity index (χ3n) is 5.93. The smallest absolute Gasteiger partial charge is 0.227 e. The SMILES string of the molecule is COc1cccc(-c2ccccc2NC(=O)C2CCN(Cc3cc(F)ccc3F)CC2)c1. The van der Waals surface area contributed by atoms with Gasteiger partial charge in [-0.05, 0) is 67.9 Å². The first-order chi connectivity index (χ1) is 15.5. The molecule has 1 amide bonds. The van der Waals surface area contributed by atoms with Crippen LogP contribution in [0.5, 0.6) is 5.75 Å². The Hall–Kier alpha value is -3.25. The molecule has 3 aromatic rings. The summed E-state index contributed by atoms with van der Waals surface area (Å²) in [7, 11) is 1.63. The van der Waals surface area contributed by atoms with E-state index >= 15 is 0 Å². The van der Waals surface area contributed by atoms with Crippen molar-refractivity contribution in [2.75, 3.05) is 25.5 Å². The second kappa shape index (κ2) is 9.92. The van der Waals surface area contributed by atoms with Crippen LogP contribution in [0.25, 0.3) is 11.1 Å². The fourth-order valence-electron chi connectivity index (χ4n) is 4.13. The topological polar surface area (TPSA) is 41.6 Å². The Morgan fingerprint density at radius 1 is 1.03 bits per heavy atom.